The summed E-state index contributed by atoms with van der Waals surface area (Å²) in [7, 11) is 0. The Balaban J connectivity index is 1.82. The summed E-state index contributed by atoms with van der Waals surface area (Å²) in [6.45, 7) is 6.19. The zero-order valence-corrected chi connectivity index (χ0v) is 8.37. The summed E-state index contributed by atoms with van der Waals surface area (Å²) in [5.74, 6) is 2.06. The minimum absolute atomic E-state index is 1.01. The van der Waals surface area contributed by atoms with Gasteiger partial charge in [-0.05, 0) is 25.7 Å². The van der Waals surface area contributed by atoms with Crippen LogP contribution < -0.4 is 0 Å². The smallest absolute Gasteiger partial charge is 0.183 e. The highest BCUT2D eigenvalue weighted by atomic mass is 16.5. The van der Waals surface area contributed by atoms with Gasteiger partial charge in [-0.15, -0.1) is 0 Å². The third-order valence-electron chi connectivity index (χ3n) is 4.33. The Morgan fingerprint density at radius 2 is 1.54 bits per heavy atom. The summed E-state index contributed by atoms with van der Waals surface area (Å²) in [4.78, 5) is 0. The van der Waals surface area contributed by atoms with E-state index in [1.54, 1.807) is 0 Å². The van der Waals surface area contributed by atoms with Gasteiger partial charge < -0.3 is 4.74 Å². The van der Waals surface area contributed by atoms with Gasteiger partial charge in [-0.2, -0.15) is 0 Å². The Labute approximate surface area is 80.5 Å². The Morgan fingerprint density at radius 1 is 0.923 bits per heavy atom. The molecule has 4 fully saturated rings. The Bertz CT molecular complexity index is 174. The summed E-state index contributed by atoms with van der Waals surface area (Å²) in [6.07, 6.45) is 6.02. The van der Waals surface area contributed by atoms with E-state index >= 15 is 0 Å². The zero-order valence-electron chi connectivity index (χ0n) is 8.37. The van der Waals surface area contributed by atoms with Crippen LogP contribution in [-0.4, -0.2) is 37.5 Å². The lowest BCUT2D eigenvalue weighted by Crippen LogP contribution is -2.48. The lowest BCUT2D eigenvalue weighted by molar-refractivity contribution is -0.928. The summed E-state index contributed by atoms with van der Waals surface area (Å²) in [5, 5.41) is 0. The number of rotatable bonds is 0. The predicted octanol–water partition coefficient (Wildman–Crippen LogP) is 1.61. The normalized spacial score (nSPS) is 49.8. The van der Waals surface area contributed by atoms with Crippen LogP contribution in [0.25, 0.3) is 0 Å². The molecule has 4 aliphatic rings. The van der Waals surface area contributed by atoms with Gasteiger partial charge in [0.1, 0.15) is 13.2 Å². The van der Waals surface area contributed by atoms with Crippen LogP contribution in [0.15, 0.2) is 0 Å². The quantitative estimate of drug-likeness (QED) is 0.517. The number of fused-ring (bicyclic) bond motifs is 2. The summed E-state index contributed by atoms with van der Waals surface area (Å²) in [6, 6.07) is 0. The van der Waals surface area contributed by atoms with Crippen LogP contribution in [0.5, 0.6) is 0 Å². The van der Waals surface area contributed by atoms with Crippen molar-refractivity contribution < 1.29 is 9.22 Å². The van der Waals surface area contributed by atoms with Crippen LogP contribution in [0.1, 0.15) is 25.7 Å². The first kappa shape index (κ1) is 8.25. The molecule has 0 amide bonds. The SMILES string of the molecule is C1C[N+]2(CO1)CC1CCC(CC1)C2. The van der Waals surface area contributed by atoms with Gasteiger partial charge in [-0.1, -0.05) is 0 Å². The molecule has 1 spiro atoms. The van der Waals surface area contributed by atoms with Crippen molar-refractivity contribution >= 4 is 0 Å². The molecule has 1 aliphatic carbocycles. The van der Waals surface area contributed by atoms with E-state index in [1.807, 2.05) is 0 Å². The second-order valence-electron chi connectivity index (χ2n) is 5.35. The monoisotopic (exact) mass is 182 g/mol. The van der Waals surface area contributed by atoms with E-state index in [0.29, 0.717) is 0 Å². The Kier molecular flexibility index (Phi) is 1.88. The molecule has 3 heterocycles. The highest BCUT2D eigenvalue weighted by Gasteiger charge is 2.42. The van der Waals surface area contributed by atoms with Gasteiger partial charge in [0.05, 0.1) is 13.1 Å². The predicted molar refractivity (Wildman–Crippen MR) is 51.1 cm³/mol. The molecule has 74 valence electrons. The molecule has 0 aromatic heterocycles. The molecule has 2 heteroatoms. The van der Waals surface area contributed by atoms with E-state index in [9.17, 15) is 0 Å². The van der Waals surface area contributed by atoms with Crippen LogP contribution in [0.4, 0.5) is 0 Å². The van der Waals surface area contributed by atoms with Gasteiger partial charge in [0.25, 0.3) is 0 Å². The molecule has 0 aromatic rings. The van der Waals surface area contributed by atoms with Crippen LogP contribution in [-0.2, 0) is 4.74 Å². The molecule has 3 aliphatic heterocycles. The van der Waals surface area contributed by atoms with E-state index in [4.69, 9.17) is 4.74 Å². The molecule has 0 atom stereocenters. The van der Waals surface area contributed by atoms with Gasteiger partial charge in [0, 0.05) is 11.8 Å². The third kappa shape index (κ3) is 1.40. The second kappa shape index (κ2) is 2.96. The molecular formula is C11H20NO+. The van der Waals surface area contributed by atoms with E-state index in [1.165, 1.54) is 49.8 Å². The average Bonchev–Trinajstić information content (AvgIpc) is 2.43. The maximum atomic E-state index is 5.59. The highest BCUT2D eigenvalue weighted by Crippen LogP contribution is 2.38. The average molecular weight is 182 g/mol. The molecular weight excluding hydrogens is 162 g/mol. The number of hydrogen-bond acceptors (Lipinski definition) is 1. The molecule has 0 N–H and O–H groups in total. The van der Waals surface area contributed by atoms with E-state index in [0.717, 1.165) is 25.2 Å². The minimum atomic E-state index is 1.01. The topological polar surface area (TPSA) is 9.23 Å². The van der Waals surface area contributed by atoms with Gasteiger partial charge in [0.2, 0.25) is 0 Å². The number of hydrogen-bond donors (Lipinski definition) is 0. The van der Waals surface area contributed by atoms with E-state index < -0.39 is 0 Å². The van der Waals surface area contributed by atoms with Gasteiger partial charge in [0.15, 0.2) is 6.73 Å². The molecule has 2 bridgehead atoms. The molecule has 3 saturated heterocycles. The third-order valence-corrected chi connectivity index (χ3v) is 4.33. The molecule has 4 rings (SSSR count). The molecule has 2 nitrogen and oxygen atoms in total. The zero-order chi connectivity index (χ0) is 8.73. The lowest BCUT2D eigenvalue weighted by atomic mass is 9.84. The Morgan fingerprint density at radius 3 is 2.00 bits per heavy atom. The van der Waals surface area contributed by atoms with Crippen molar-refractivity contribution in [1.29, 1.82) is 0 Å². The van der Waals surface area contributed by atoms with Crippen LogP contribution in [0, 0.1) is 11.8 Å². The highest BCUT2D eigenvalue weighted by molar-refractivity contribution is 4.77. The fraction of sp³-hybridized carbons (Fsp3) is 1.00. The van der Waals surface area contributed by atoms with Crippen molar-refractivity contribution in [2.45, 2.75) is 25.7 Å². The van der Waals surface area contributed by atoms with Gasteiger partial charge in [-0.3, -0.25) is 4.48 Å². The molecule has 0 unspecified atom stereocenters. The van der Waals surface area contributed by atoms with Crippen LogP contribution >= 0.6 is 0 Å². The largest absolute Gasteiger partial charge is 0.326 e. The summed E-state index contributed by atoms with van der Waals surface area (Å²) < 4.78 is 6.90. The first-order valence-electron chi connectivity index (χ1n) is 5.79. The lowest BCUT2D eigenvalue weighted by Gasteiger charge is -2.32. The number of ether oxygens (including phenoxy) is 1. The van der Waals surface area contributed by atoms with E-state index in [-0.39, 0.29) is 0 Å². The maximum Gasteiger partial charge on any atom is 0.183 e. The minimum Gasteiger partial charge on any atom is -0.326 e. The van der Waals surface area contributed by atoms with Crippen LogP contribution in [0.2, 0.25) is 0 Å². The fourth-order valence-electron chi connectivity index (χ4n) is 3.64. The number of quaternary nitrogens is 1. The second-order valence-corrected chi connectivity index (χ2v) is 5.35. The first-order valence-corrected chi connectivity index (χ1v) is 5.79. The standard InChI is InChI=1S/C11H20NO/c1-2-11-4-3-10(1)7-12(8-11)5-6-13-9-12/h10-11H,1-9H2/q+1. The van der Waals surface area contributed by atoms with Crippen molar-refractivity contribution in [2.24, 2.45) is 11.8 Å². The van der Waals surface area contributed by atoms with Crippen molar-refractivity contribution in [3.8, 4) is 0 Å². The first-order chi connectivity index (χ1) is 6.36. The molecule has 0 radical (unpaired) electrons. The molecule has 13 heavy (non-hydrogen) atoms. The summed E-state index contributed by atoms with van der Waals surface area (Å²) >= 11 is 0. The van der Waals surface area contributed by atoms with Crippen molar-refractivity contribution in [3.63, 3.8) is 0 Å². The maximum absolute atomic E-state index is 5.59. The Hall–Kier alpha value is -0.0800. The number of nitrogens with zero attached hydrogens (tertiary/aromatic N) is 1. The van der Waals surface area contributed by atoms with Crippen molar-refractivity contribution in [3.05, 3.63) is 0 Å². The summed E-state index contributed by atoms with van der Waals surface area (Å²) in [5.41, 5.74) is 0. The fourth-order valence-corrected chi connectivity index (χ4v) is 3.64. The van der Waals surface area contributed by atoms with Crippen LogP contribution in [0.3, 0.4) is 0 Å². The van der Waals surface area contributed by atoms with Crippen molar-refractivity contribution in [2.75, 3.05) is 33.0 Å². The molecule has 1 saturated carbocycles. The van der Waals surface area contributed by atoms with Crippen molar-refractivity contribution in [1.82, 2.24) is 0 Å². The van der Waals surface area contributed by atoms with Gasteiger partial charge in [-0.25, -0.2) is 0 Å². The van der Waals surface area contributed by atoms with E-state index in [2.05, 4.69) is 0 Å². The molecule has 0 aromatic carbocycles. The van der Waals surface area contributed by atoms with Gasteiger partial charge >= 0.3 is 0 Å².